The largest absolute Gasteiger partial charge is 0.377 e. The first-order valence-electron chi connectivity index (χ1n) is 5.17. The Morgan fingerprint density at radius 3 is 2.29 bits per heavy atom. The van der Waals surface area contributed by atoms with E-state index in [2.05, 4.69) is 4.90 Å². The number of ether oxygens (including phenoxy) is 1. The fraction of sp³-hybridized carbons (Fsp3) is 0.900. The highest BCUT2D eigenvalue weighted by atomic mass is 16.5. The fourth-order valence-electron chi connectivity index (χ4n) is 1.79. The molecule has 0 N–H and O–H groups in total. The van der Waals surface area contributed by atoms with Crippen LogP contribution in [0.15, 0.2) is 0 Å². The molecule has 0 atom stereocenters. The molecule has 0 aromatic heterocycles. The van der Waals surface area contributed by atoms with Gasteiger partial charge in [-0.1, -0.05) is 13.8 Å². The topological polar surface area (TPSA) is 32.8 Å². The fourth-order valence-corrected chi connectivity index (χ4v) is 1.79. The summed E-state index contributed by atoms with van der Waals surface area (Å²) in [5, 5.41) is 0. The maximum absolute atomic E-state index is 11.3. The molecule has 2 saturated heterocycles. The number of carbonyl (C=O) groups excluding carboxylic acids is 1. The van der Waals surface area contributed by atoms with Crippen LogP contribution in [0.1, 0.15) is 13.8 Å². The molecule has 0 radical (unpaired) electrons. The van der Waals surface area contributed by atoms with E-state index in [0.717, 1.165) is 19.8 Å². The van der Waals surface area contributed by atoms with Crippen molar-refractivity contribution in [3.8, 4) is 0 Å². The van der Waals surface area contributed by atoms with Crippen molar-refractivity contribution < 1.29 is 9.53 Å². The average Bonchev–Trinajstić information content (AvgIpc) is 2.12. The number of hydrogen-bond acceptors (Lipinski definition) is 3. The average molecular weight is 200 g/mol. The van der Waals surface area contributed by atoms with Crippen molar-refractivity contribution in [1.82, 2.24) is 9.80 Å². The monoisotopic (exact) mass is 200 g/mol. The van der Waals surface area contributed by atoms with E-state index in [1.54, 1.807) is 4.90 Å². The van der Waals surface area contributed by atoms with E-state index in [-0.39, 0.29) is 11.4 Å². The number of amides is 1. The summed E-state index contributed by atoms with van der Waals surface area (Å²) in [6.45, 7) is 6.87. The number of piperazine rings is 1. The first-order valence-corrected chi connectivity index (χ1v) is 5.17. The zero-order valence-corrected chi connectivity index (χ0v) is 9.54. The first kappa shape index (κ1) is 11.5. The maximum Gasteiger partial charge on any atom is 0.236 e. The molecule has 0 aromatic carbocycles. The standard InChI is InChI=1S/C8H14N2O2.C2H6/c1-9-4-8(5-12-6-8)10(2)3-7(9)11;1-2/h3-6H2,1-2H3;1-2H3. The molecule has 4 nitrogen and oxygen atoms in total. The molecule has 0 aliphatic carbocycles. The summed E-state index contributed by atoms with van der Waals surface area (Å²) < 4.78 is 5.19. The van der Waals surface area contributed by atoms with Crippen LogP contribution in [-0.4, -0.2) is 61.6 Å². The van der Waals surface area contributed by atoms with Crippen molar-refractivity contribution in [2.45, 2.75) is 19.4 Å². The predicted molar refractivity (Wildman–Crippen MR) is 55.2 cm³/mol. The number of rotatable bonds is 0. The highest BCUT2D eigenvalue weighted by Crippen LogP contribution is 2.27. The van der Waals surface area contributed by atoms with E-state index in [1.165, 1.54) is 0 Å². The maximum atomic E-state index is 11.3. The van der Waals surface area contributed by atoms with Gasteiger partial charge in [-0.3, -0.25) is 9.69 Å². The lowest BCUT2D eigenvalue weighted by Gasteiger charge is -2.52. The van der Waals surface area contributed by atoms with Crippen LogP contribution in [0.2, 0.25) is 0 Å². The second-order valence-corrected chi connectivity index (χ2v) is 3.82. The Morgan fingerprint density at radius 2 is 1.86 bits per heavy atom. The molecule has 2 fully saturated rings. The predicted octanol–water partition coefficient (Wildman–Crippen LogP) is 0.185. The summed E-state index contributed by atoms with van der Waals surface area (Å²) in [6.07, 6.45) is 0. The van der Waals surface area contributed by atoms with Gasteiger partial charge in [0.1, 0.15) is 0 Å². The molecular formula is C10H20N2O2. The van der Waals surface area contributed by atoms with E-state index in [0.29, 0.717) is 6.54 Å². The van der Waals surface area contributed by atoms with E-state index in [9.17, 15) is 4.79 Å². The molecule has 0 aromatic rings. The third-order valence-corrected chi connectivity index (χ3v) is 2.88. The highest BCUT2D eigenvalue weighted by molar-refractivity contribution is 5.79. The van der Waals surface area contributed by atoms with Crippen molar-refractivity contribution >= 4 is 5.91 Å². The van der Waals surface area contributed by atoms with Crippen LogP contribution in [0.4, 0.5) is 0 Å². The molecule has 4 heteroatoms. The van der Waals surface area contributed by atoms with Gasteiger partial charge in [-0.05, 0) is 7.05 Å². The molecule has 0 unspecified atom stereocenters. The van der Waals surface area contributed by atoms with Gasteiger partial charge >= 0.3 is 0 Å². The Balaban J connectivity index is 0.000000461. The third-order valence-electron chi connectivity index (χ3n) is 2.88. The van der Waals surface area contributed by atoms with E-state index in [1.807, 2.05) is 27.9 Å². The van der Waals surface area contributed by atoms with Gasteiger partial charge < -0.3 is 9.64 Å². The van der Waals surface area contributed by atoms with Crippen molar-refractivity contribution in [3.05, 3.63) is 0 Å². The summed E-state index contributed by atoms with van der Waals surface area (Å²) in [5.74, 6) is 0.204. The lowest BCUT2D eigenvalue weighted by molar-refractivity contribution is -0.174. The molecular weight excluding hydrogens is 180 g/mol. The van der Waals surface area contributed by atoms with Crippen LogP contribution in [0.25, 0.3) is 0 Å². The van der Waals surface area contributed by atoms with E-state index < -0.39 is 0 Å². The number of likely N-dealkylation sites (N-methyl/N-ethyl adjacent to an activating group) is 2. The van der Waals surface area contributed by atoms with Gasteiger partial charge in [-0.2, -0.15) is 0 Å². The van der Waals surface area contributed by atoms with Crippen molar-refractivity contribution in [2.24, 2.45) is 0 Å². The first-order chi connectivity index (χ1) is 6.64. The van der Waals surface area contributed by atoms with Crippen LogP contribution < -0.4 is 0 Å². The van der Waals surface area contributed by atoms with Gasteiger partial charge in [-0.25, -0.2) is 0 Å². The molecule has 1 amide bonds. The second-order valence-electron chi connectivity index (χ2n) is 3.82. The Morgan fingerprint density at radius 1 is 1.29 bits per heavy atom. The van der Waals surface area contributed by atoms with Crippen molar-refractivity contribution in [3.63, 3.8) is 0 Å². The number of hydrogen-bond donors (Lipinski definition) is 0. The summed E-state index contributed by atoms with van der Waals surface area (Å²) >= 11 is 0. The Labute approximate surface area is 85.8 Å². The van der Waals surface area contributed by atoms with E-state index in [4.69, 9.17) is 4.74 Å². The molecule has 2 heterocycles. The highest BCUT2D eigenvalue weighted by Gasteiger charge is 2.47. The molecule has 0 bridgehead atoms. The summed E-state index contributed by atoms with van der Waals surface area (Å²) in [6, 6.07) is 0. The van der Waals surface area contributed by atoms with Gasteiger partial charge in [0.25, 0.3) is 0 Å². The molecule has 1 spiro atoms. The quantitative estimate of drug-likeness (QED) is 0.559. The van der Waals surface area contributed by atoms with Gasteiger partial charge in [0, 0.05) is 13.6 Å². The summed E-state index contributed by atoms with van der Waals surface area (Å²) in [7, 11) is 3.85. The number of nitrogens with zero attached hydrogens (tertiary/aromatic N) is 2. The molecule has 2 rings (SSSR count). The number of carbonyl (C=O) groups is 1. The Hall–Kier alpha value is -0.610. The normalized spacial score (nSPS) is 25.4. The Kier molecular flexibility index (Phi) is 3.50. The lowest BCUT2D eigenvalue weighted by Crippen LogP contribution is -2.71. The summed E-state index contributed by atoms with van der Waals surface area (Å²) in [4.78, 5) is 15.2. The smallest absolute Gasteiger partial charge is 0.236 e. The lowest BCUT2D eigenvalue weighted by atomic mass is 9.92. The van der Waals surface area contributed by atoms with Crippen molar-refractivity contribution in [1.29, 1.82) is 0 Å². The minimum Gasteiger partial charge on any atom is -0.377 e. The molecule has 2 aliphatic heterocycles. The third kappa shape index (κ3) is 1.77. The minimum absolute atomic E-state index is 0.128. The van der Waals surface area contributed by atoms with Crippen LogP contribution in [0.5, 0.6) is 0 Å². The molecule has 82 valence electrons. The van der Waals surface area contributed by atoms with Gasteiger partial charge in [0.05, 0.1) is 25.3 Å². The van der Waals surface area contributed by atoms with E-state index >= 15 is 0 Å². The van der Waals surface area contributed by atoms with Gasteiger partial charge in [-0.15, -0.1) is 0 Å². The second kappa shape index (κ2) is 4.28. The van der Waals surface area contributed by atoms with Gasteiger partial charge in [0.15, 0.2) is 0 Å². The van der Waals surface area contributed by atoms with Crippen LogP contribution >= 0.6 is 0 Å². The zero-order valence-electron chi connectivity index (χ0n) is 9.54. The van der Waals surface area contributed by atoms with Crippen LogP contribution in [-0.2, 0) is 9.53 Å². The Bertz CT molecular complexity index is 214. The van der Waals surface area contributed by atoms with Crippen LogP contribution in [0, 0.1) is 0 Å². The molecule has 14 heavy (non-hydrogen) atoms. The molecule has 2 aliphatic rings. The van der Waals surface area contributed by atoms with Crippen LogP contribution in [0.3, 0.4) is 0 Å². The van der Waals surface area contributed by atoms with Gasteiger partial charge in [0.2, 0.25) is 5.91 Å². The SMILES string of the molecule is CC.CN1CC2(COC2)N(C)CC1=O. The zero-order chi connectivity index (χ0) is 10.8. The molecule has 0 saturated carbocycles. The minimum atomic E-state index is 0.128. The van der Waals surface area contributed by atoms with Crippen molar-refractivity contribution in [2.75, 3.05) is 40.4 Å². The summed E-state index contributed by atoms with van der Waals surface area (Å²) in [5.41, 5.74) is 0.128.